The molecule has 0 radical (unpaired) electrons. The van der Waals surface area contributed by atoms with Crippen LogP contribution in [0.3, 0.4) is 0 Å². The Morgan fingerprint density at radius 1 is 0.886 bits per heavy atom. The van der Waals surface area contributed by atoms with Crippen LogP contribution in [-0.2, 0) is 28.3 Å². The largest absolute Gasteiger partial charge is 0.352 e. The normalized spacial score (nSPS) is 12.5. The number of benzene rings is 3. The Labute approximate surface area is 214 Å². The van der Waals surface area contributed by atoms with E-state index in [-0.39, 0.29) is 17.9 Å². The lowest BCUT2D eigenvalue weighted by Crippen LogP contribution is -2.52. The summed E-state index contributed by atoms with van der Waals surface area (Å²) in [6, 6.07) is 27.7. The van der Waals surface area contributed by atoms with Crippen LogP contribution >= 0.6 is 11.8 Å². The Balaban J connectivity index is 1.83. The van der Waals surface area contributed by atoms with E-state index >= 15 is 0 Å². The molecule has 0 saturated heterocycles. The second kappa shape index (κ2) is 13.7. The average Bonchev–Trinajstić information content (AvgIpc) is 2.87. The highest BCUT2D eigenvalue weighted by atomic mass is 32.2. The molecular weight excluding hydrogens is 452 g/mol. The van der Waals surface area contributed by atoms with Crippen molar-refractivity contribution in [3.8, 4) is 0 Å². The van der Waals surface area contributed by atoms with Gasteiger partial charge in [-0.2, -0.15) is 0 Å². The number of carbonyl (C=O) groups excluding carboxylic acids is 2. The van der Waals surface area contributed by atoms with Gasteiger partial charge in [0.05, 0.1) is 5.75 Å². The van der Waals surface area contributed by atoms with Crippen LogP contribution in [0.15, 0.2) is 84.9 Å². The van der Waals surface area contributed by atoms with Crippen LogP contribution in [0.5, 0.6) is 0 Å². The predicted molar refractivity (Wildman–Crippen MR) is 146 cm³/mol. The van der Waals surface area contributed by atoms with Crippen molar-refractivity contribution in [1.29, 1.82) is 0 Å². The number of aryl methyl sites for hydroxylation is 1. The van der Waals surface area contributed by atoms with Gasteiger partial charge in [-0.25, -0.2) is 0 Å². The second-order valence-electron chi connectivity index (χ2n) is 9.01. The van der Waals surface area contributed by atoms with Gasteiger partial charge in [0, 0.05) is 24.8 Å². The highest BCUT2D eigenvalue weighted by Crippen LogP contribution is 2.19. The molecule has 0 unspecified atom stereocenters. The first kappa shape index (κ1) is 26.6. The molecule has 0 aliphatic heterocycles. The molecular formula is C30H36N2O2S. The van der Waals surface area contributed by atoms with E-state index in [1.807, 2.05) is 80.6 Å². The number of hydrogen-bond donors (Lipinski definition) is 1. The van der Waals surface area contributed by atoms with Gasteiger partial charge in [0.2, 0.25) is 11.8 Å². The summed E-state index contributed by atoms with van der Waals surface area (Å²) in [5.41, 5.74) is 4.46. The Morgan fingerprint density at radius 3 is 2.14 bits per heavy atom. The van der Waals surface area contributed by atoms with Crippen LogP contribution in [-0.4, -0.2) is 34.6 Å². The van der Waals surface area contributed by atoms with E-state index in [1.54, 1.807) is 16.7 Å². The maximum Gasteiger partial charge on any atom is 0.243 e. The van der Waals surface area contributed by atoms with Crippen molar-refractivity contribution in [1.82, 2.24) is 10.2 Å². The van der Waals surface area contributed by atoms with E-state index in [4.69, 9.17) is 0 Å². The summed E-state index contributed by atoms with van der Waals surface area (Å²) >= 11 is 1.59. The van der Waals surface area contributed by atoms with Gasteiger partial charge >= 0.3 is 0 Å². The Kier molecular flexibility index (Phi) is 10.4. The molecule has 0 aliphatic carbocycles. The van der Waals surface area contributed by atoms with Gasteiger partial charge in [0.15, 0.2) is 0 Å². The molecule has 2 amide bonds. The van der Waals surface area contributed by atoms with E-state index in [2.05, 4.69) is 30.4 Å². The van der Waals surface area contributed by atoms with Gasteiger partial charge in [0.25, 0.3) is 0 Å². The van der Waals surface area contributed by atoms with Crippen LogP contribution < -0.4 is 5.32 Å². The molecule has 0 spiro atoms. The summed E-state index contributed by atoms with van der Waals surface area (Å²) in [7, 11) is 0. The number of rotatable bonds is 12. The molecule has 3 rings (SSSR count). The molecule has 0 saturated carbocycles. The highest BCUT2D eigenvalue weighted by Gasteiger charge is 2.30. The van der Waals surface area contributed by atoms with E-state index in [1.165, 1.54) is 11.1 Å². The van der Waals surface area contributed by atoms with E-state index in [9.17, 15) is 9.59 Å². The molecule has 0 fully saturated rings. The molecule has 5 heteroatoms. The standard InChI is InChI=1S/C30H36N2O2S/c1-4-24(3)31-30(34)28(19-25-13-7-5-8-14-25)32(20-26-15-9-6-10-16-26)29(33)22-35-21-27-17-11-12-23(2)18-27/h5-18,24,28H,4,19-22H2,1-3H3,(H,31,34)/t24-,28+/m1/s1. The number of nitrogens with zero attached hydrogens (tertiary/aromatic N) is 1. The number of hydrogen-bond acceptors (Lipinski definition) is 3. The van der Waals surface area contributed by atoms with Crippen molar-refractivity contribution >= 4 is 23.6 Å². The first-order chi connectivity index (χ1) is 17.0. The summed E-state index contributed by atoms with van der Waals surface area (Å²) < 4.78 is 0. The molecule has 0 heterocycles. The number of carbonyl (C=O) groups is 2. The number of thioether (sulfide) groups is 1. The van der Waals surface area contributed by atoms with Gasteiger partial charge in [-0.15, -0.1) is 11.8 Å². The monoisotopic (exact) mass is 488 g/mol. The van der Waals surface area contributed by atoms with E-state index in [0.717, 1.165) is 23.3 Å². The van der Waals surface area contributed by atoms with Crippen LogP contribution in [0.4, 0.5) is 0 Å². The first-order valence-corrected chi connectivity index (χ1v) is 13.4. The van der Waals surface area contributed by atoms with Crippen molar-refractivity contribution in [2.75, 3.05) is 5.75 Å². The fourth-order valence-corrected chi connectivity index (χ4v) is 4.77. The van der Waals surface area contributed by atoms with E-state index in [0.29, 0.717) is 18.7 Å². The lowest BCUT2D eigenvalue weighted by Gasteiger charge is -2.32. The minimum atomic E-state index is -0.585. The third-order valence-corrected chi connectivity index (χ3v) is 7.03. The Morgan fingerprint density at radius 2 is 1.51 bits per heavy atom. The van der Waals surface area contributed by atoms with Gasteiger partial charge in [0.1, 0.15) is 6.04 Å². The zero-order chi connectivity index (χ0) is 25.0. The zero-order valence-corrected chi connectivity index (χ0v) is 21.8. The summed E-state index contributed by atoms with van der Waals surface area (Å²) in [4.78, 5) is 28.9. The molecule has 3 aromatic rings. The zero-order valence-electron chi connectivity index (χ0n) is 20.9. The van der Waals surface area contributed by atoms with Crippen LogP contribution in [0.2, 0.25) is 0 Å². The maximum absolute atomic E-state index is 13.6. The van der Waals surface area contributed by atoms with Crippen LogP contribution in [0, 0.1) is 6.92 Å². The van der Waals surface area contributed by atoms with Crippen molar-refractivity contribution < 1.29 is 9.59 Å². The minimum absolute atomic E-state index is 0.0215. The molecule has 0 bridgehead atoms. The SMILES string of the molecule is CC[C@@H](C)NC(=O)[C@H](Cc1ccccc1)N(Cc1ccccc1)C(=O)CSCc1cccc(C)c1. The van der Waals surface area contributed by atoms with Gasteiger partial charge in [-0.1, -0.05) is 97.4 Å². The van der Waals surface area contributed by atoms with Gasteiger partial charge in [-0.3, -0.25) is 9.59 Å². The third-order valence-electron chi connectivity index (χ3n) is 6.04. The summed E-state index contributed by atoms with van der Waals surface area (Å²) in [5.74, 6) is 0.959. The van der Waals surface area contributed by atoms with Crippen LogP contribution in [0.25, 0.3) is 0 Å². The number of amides is 2. The van der Waals surface area contributed by atoms with E-state index < -0.39 is 6.04 Å². The minimum Gasteiger partial charge on any atom is -0.352 e. The maximum atomic E-state index is 13.6. The Hall–Kier alpha value is -3.05. The quantitative estimate of drug-likeness (QED) is 0.351. The van der Waals surface area contributed by atoms with Crippen molar-refractivity contribution in [2.45, 2.75) is 58.0 Å². The first-order valence-electron chi connectivity index (χ1n) is 12.3. The Bertz CT molecular complexity index is 1070. The smallest absolute Gasteiger partial charge is 0.243 e. The molecule has 4 nitrogen and oxygen atoms in total. The number of nitrogens with one attached hydrogen (secondary N) is 1. The second-order valence-corrected chi connectivity index (χ2v) is 10.00. The molecule has 0 aliphatic rings. The van der Waals surface area contributed by atoms with Gasteiger partial charge in [-0.05, 0) is 37.0 Å². The molecule has 2 atom stereocenters. The van der Waals surface area contributed by atoms with Crippen molar-refractivity contribution in [2.24, 2.45) is 0 Å². The predicted octanol–water partition coefficient (Wildman–Crippen LogP) is 5.78. The van der Waals surface area contributed by atoms with Crippen molar-refractivity contribution in [3.05, 3.63) is 107 Å². The van der Waals surface area contributed by atoms with Gasteiger partial charge < -0.3 is 10.2 Å². The molecule has 1 N–H and O–H groups in total. The topological polar surface area (TPSA) is 49.4 Å². The summed E-state index contributed by atoms with van der Waals surface area (Å²) in [5, 5.41) is 3.12. The summed E-state index contributed by atoms with van der Waals surface area (Å²) in [6.07, 6.45) is 1.31. The fourth-order valence-electron chi connectivity index (χ4n) is 3.92. The third kappa shape index (κ3) is 8.59. The molecule has 0 aromatic heterocycles. The lowest BCUT2D eigenvalue weighted by molar-refractivity contribution is -0.139. The van der Waals surface area contributed by atoms with Crippen LogP contribution in [0.1, 0.15) is 42.5 Å². The lowest BCUT2D eigenvalue weighted by atomic mass is 10.0. The average molecular weight is 489 g/mol. The molecule has 3 aromatic carbocycles. The highest BCUT2D eigenvalue weighted by molar-refractivity contribution is 7.99. The van der Waals surface area contributed by atoms with Crippen molar-refractivity contribution in [3.63, 3.8) is 0 Å². The molecule has 35 heavy (non-hydrogen) atoms. The fraction of sp³-hybridized carbons (Fsp3) is 0.333. The molecule has 184 valence electrons. The summed E-state index contributed by atoms with van der Waals surface area (Å²) in [6.45, 7) is 6.52.